The van der Waals surface area contributed by atoms with Gasteiger partial charge in [0, 0.05) is 11.1 Å². The van der Waals surface area contributed by atoms with Crippen LogP contribution in [0.1, 0.15) is 33.4 Å². The van der Waals surface area contributed by atoms with Crippen LogP contribution in [0.2, 0.25) is 0 Å². The molecule has 0 atom stereocenters. The predicted octanol–water partition coefficient (Wildman–Crippen LogP) is 2.85. The number of nitrogens with zero attached hydrogens (tertiary/aromatic N) is 1. The van der Waals surface area contributed by atoms with Gasteiger partial charge < -0.3 is 14.0 Å². The van der Waals surface area contributed by atoms with Crippen molar-refractivity contribution in [1.29, 1.82) is 0 Å². The summed E-state index contributed by atoms with van der Waals surface area (Å²) in [4.78, 5) is 4.62. The average Bonchev–Trinajstić information content (AvgIpc) is 2.65. The van der Waals surface area contributed by atoms with Crippen LogP contribution in [-0.2, 0) is 9.31 Å². The Morgan fingerprint density at radius 1 is 1.00 bits per heavy atom. The molecular weight excluding hydrogens is 277 g/mol. The van der Waals surface area contributed by atoms with Crippen LogP contribution < -0.4 is 10.2 Å². The van der Waals surface area contributed by atoms with Gasteiger partial charge in [0.05, 0.1) is 18.3 Å². The number of ether oxygens (including phenoxy) is 1. The van der Waals surface area contributed by atoms with Gasteiger partial charge in [-0.2, -0.15) is 0 Å². The van der Waals surface area contributed by atoms with Gasteiger partial charge in [-0.25, -0.2) is 4.98 Å². The van der Waals surface area contributed by atoms with Crippen molar-refractivity contribution >= 4 is 23.5 Å². The van der Waals surface area contributed by atoms with E-state index in [1.54, 1.807) is 7.11 Å². The van der Waals surface area contributed by atoms with Crippen LogP contribution in [0.3, 0.4) is 0 Å². The molecule has 0 aliphatic carbocycles. The molecule has 3 rings (SSSR count). The van der Waals surface area contributed by atoms with Crippen LogP contribution in [0.4, 0.5) is 0 Å². The van der Waals surface area contributed by atoms with Crippen molar-refractivity contribution in [3.63, 3.8) is 0 Å². The molecule has 1 saturated heterocycles. The number of fused-ring (bicyclic) bond motifs is 1. The highest BCUT2D eigenvalue weighted by atomic mass is 16.7. The molecule has 5 heteroatoms. The van der Waals surface area contributed by atoms with Crippen LogP contribution >= 0.6 is 0 Å². The van der Waals surface area contributed by atoms with Gasteiger partial charge in [-0.15, -0.1) is 0 Å². The molecule has 2 aromatic rings. The van der Waals surface area contributed by atoms with Crippen molar-refractivity contribution in [3.05, 3.63) is 30.0 Å². The Bertz CT molecular complexity index is 711. The number of aryl methyl sites for hydroxylation is 1. The lowest BCUT2D eigenvalue weighted by atomic mass is 9.76. The number of methoxy groups -OCH3 is 1. The van der Waals surface area contributed by atoms with E-state index in [4.69, 9.17) is 14.0 Å². The fourth-order valence-corrected chi connectivity index (χ4v) is 2.65. The molecule has 116 valence electrons. The minimum atomic E-state index is -0.400. The Labute approximate surface area is 131 Å². The largest absolute Gasteiger partial charge is 0.495 e. The van der Waals surface area contributed by atoms with Crippen LogP contribution in [-0.4, -0.2) is 30.4 Å². The minimum absolute atomic E-state index is 0.359. The van der Waals surface area contributed by atoms with Crippen molar-refractivity contribution in [2.24, 2.45) is 0 Å². The number of pyridine rings is 1. The Morgan fingerprint density at radius 2 is 1.64 bits per heavy atom. The molecule has 0 unspecified atom stereocenters. The number of rotatable bonds is 2. The zero-order valence-electron chi connectivity index (χ0n) is 14.1. The summed E-state index contributed by atoms with van der Waals surface area (Å²) in [6.07, 6.45) is 0. The van der Waals surface area contributed by atoms with Crippen molar-refractivity contribution < 1.29 is 14.0 Å². The van der Waals surface area contributed by atoms with Gasteiger partial charge in [0.25, 0.3) is 0 Å². The highest BCUT2D eigenvalue weighted by Gasteiger charge is 2.52. The lowest BCUT2D eigenvalue weighted by Crippen LogP contribution is -2.41. The lowest BCUT2D eigenvalue weighted by molar-refractivity contribution is 0.00578. The van der Waals surface area contributed by atoms with E-state index >= 15 is 0 Å². The van der Waals surface area contributed by atoms with E-state index in [0.29, 0.717) is 0 Å². The molecule has 2 heterocycles. The Balaban J connectivity index is 2.14. The Kier molecular flexibility index (Phi) is 3.46. The molecule has 0 amide bonds. The predicted molar refractivity (Wildman–Crippen MR) is 88.7 cm³/mol. The molecule has 4 nitrogen and oxygen atoms in total. The Hall–Kier alpha value is -1.59. The van der Waals surface area contributed by atoms with Crippen molar-refractivity contribution in [3.8, 4) is 5.75 Å². The lowest BCUT2D eigenvalue weighted by Gasteiger charge is -2.32. The summed E-state index contributed by atoms with van der Waals surface area (Å²) in [5, 5.41) is 1.00. The Morgan fingerprint density at radius 3 is 2.23 bits per heavy atom. The summed E-state index contributed by atoms with van der Waals surface area (Å²) in [5.74, 6) is 0.763. The van der Waals surface area contributed by atoms with Crippen LogP contribution in [0, 0.1) is 6.92 Å². The van der Waals surface area contributed by atoms with Crippen molar-refractivity contribution in [2.75, 3.05) is 7.11 Å². The standard InChI is InChI=1S/C17H22BNO3/c1-11-7-8-12-13(9-10-14(20-6)15(12)19-11)18-21-16(2,3)17(4,5)22-18/h7-10H,1-6H3. The first-order valence-corrected chi connectivity index (χ1v) is 7.55. The molecule has 1 aliphatic rings. The van der Waals surface area contributed by atoms with Gasteiger partial charge in [-0.3, -0.25) is 0 Å². The quantitative estimate of drug-likeness (QED) is 0.800. The first kappa shape index (κ1) is 15.3. The topological polar surface area (TPSA) is 40.6 Å². The number of aromatic nitrogens is 1. The number of hydrogen-bond acceptors (Lipinski definition) is 4. The third-order valence-corrected chi connectivity index (χ3v) is 4.72. The van der Waals surface area contributed by atoms with E-state index in [2.05, 4.69) is 38.7 Å². The molecule has 0 saturated carbocycles. The summed E-state index contributed by atoms with van der Waals surface area (Å²) in [6.45, 7) is 10.2. The first-order valence-electron chi connectivity index (χ1n) is 7.55. The van der Waals surface area contributed by atoms with E-state index in [9.17, 15) is 0 Å². The zero-order valence-corrected chi connectivity index (χ0v) is 14.1. The van der Waals surface area contributed by atoms with Gasteiger partial charge in [-0.05, 0) is 52.2 Å². The van der Waals surface area contributed by atoms with Gasteiger partial charge in [0.2, 0.25) is 0 Å². The second-order valence-corrected chi connectivity index (χ2v) is 6.79. The van der Waals surface area contributed by atoms with Gasteiger partial charge in [-0.1, -0.05) is 12.1 Å². The molecular formula is C17H22BNO3. The molecule has 0 spiro atoms. The fourth-order valence-electron chi connectivity index (χ4n) is 2.65. The maximum atomic E-state index is 6.17. The maximum absolute atomic E-state index is 6.17. The summed E-state index contributed by atoms with van der Waals surface area (Å²) in [5.41, 5.74) is 2.07. The van der Waals surface area contributed by atoms with E-state index in [0.717, 1.165) is 27.8 Å². The monoisotopic (exact) mass is 299 g/mol. The van der Waals surface area contributed by atoms with Crippen molar-refractivity contribution in [1.82, 2.24) is 4.98 Å². The molecule has 22 heavy (non-hydrogen) atoms. The van der Waals surface area contributed by atoms with E-state index in [-0.39, 0.29) is 11.2 Å². The normalized spacial score (nSPS) is 19.6. The molecule has 1 aromatic heterocycles. The van der Waals surface area contributed by atoms with Gasteiger partial charge in [0.15, 0.2) is 0 Å². The molecule has 1 fully saturated rings. The third-order valence-electron chi connectivity index (χ3n) is 4.72. The zero-order chi connectivity index (χ0) is 16.1. The second-order valence-electron chi connectivity index (χ2n) is 6.79. The summed E-state index contributed by atoms with van der Waals surface area (Å²) < 4.78 is 17.8. The number of hydrogen-bond donors (Lipinski definition) is 0. The first-order chi connectivity index (χ1) is 10.2. The second kappa shape index (κ2) is 4.96. The van der Waals surface area contributed by atoms with Crippen LogP contribution in [0.5, 0.6) is 5.75 Å². The average molecular weight is 299 g/mol. The van der Waals surface area contributed by atoms with E-state index in [1.807, 2.05) is 25.1 Å². The highest BCUT2D eigenvalue weighted by Crippen LogP contribution is 2.37. The van der Waals surface area contributed by atoms with Gasteiger partial charge >= 0.3 is 7.12 Å². The molecule has 0 radical (unpaired) electrons. The molecule has 0 N–H and O–H groups in total. The maximum Gasteiger partial charge on any atom is 0.495 e. The SMILES string of the molecule is COc1ccc(B2OC(C)(C)C(C)(C)O2)c2ccc(C)nc12. The number of benzene rings is 1. The highest BCUT2D eigenvalue weighted by molar-refractivity contribution is 6.65. The summed E-state index contributed by atoms with van der Waals surface area (Å²) in [7, 11) is 1.26. The van der Waals surface area contributed by atoms with Gasteiger partial charge in [0.1, 0.15) is 11.3 Å². The van der Waals surface area contributed by atoms with Crippen molar-refractivity contribution in [2.45, 2.75) is 45.8 Å². The molecule has 0 bridgehead atoms. The summed E-state index contributed by atoms with van der Waals surface area (Å²) >= 11 is 0. The van der Waals surface area contributed by atoms with E-state index < -0.39 is 7.12 Å². The van der Waals surface area contributed by atoms with Crippen LogP contribution in [0.15, 0.2) is 24.3 Å². The smallest absolute Gasteiger partial charge is 0.494 e. The summed E-state index contributed by atoms with van der Waals surface area (Å²) in [6, 6.07) is 7.98. The molecule has 1 aromatic carbocycles. The molecule has 1 aliphatic heterocycles. The van der Waals surface area contributed by atoms with Crippen LogP contribution in [0.25, 0.3) is 10.9 Å². The minimum Gasteiger partial charge on any atom is -0.494 e. The fraction of sp³-hybridized carbons (Fsp3) is 0.471. The van der Waals surface area contributed by atoms with E-state index in [1.165, 1.54) is 0 Å². The third kappa shape index (κ3) is 2.29.